The van der Waals surface area contributed by atoms with E-state index in [9.17, 15) is 8.42 Å². The van der Waals surface area contributed by atoms with Crippen LogP contribution in [0.4, 0.5) is 5.69 Å². The van der Waals surface area contributed by atoms with Crippen LogP contribution in [-0.4, -0.2) is 25.0 Å². The van der Waals surface area contributed by atoms with Gasteiger partial charge in [-0.1, -0.05) is 6.92 Å². The second-order valence-corrected chi connectivity index (χ2v) is 5.76. The molecule has 0 saturated carbocycles. The Balaban J connectivity index is 2.15. The van der Waals surface area contributed by atoms with Crippen molar-refractivity contribution in [2.45, 2.75) is 25.3 Å². The summed E-state index contributed by atoms with van der Waals surface area (Å²) in [5, 5.41) is 0.0586. The van der Waals surface area contributed by atoms with Crippen molar-refractivity contribution < 1.29 is 13.2 Å². The Morgan fingerprint density at radius 3 is 2.50 bits per heavy atom. The third kappa shape index (κ3) is 3.30. The fourth-order valence-corrected chi connectivity index (χ4v) is 2.66. The molecule has 2 aromatic rings. The van der Waals surface area contributed by atoms with Gasteiger partial charge < -0.3 is 9.72 Å². The van der Waals surface area contributed by atoms with Gasteiger partial charge in [-0.25, -0.2) is 4.98 Å². The minimum Gasteiger partial charge on any atom is -0.494 e. The zero-order valence-corrected chi connectivity index (χ0v) is 12.2. The lowest BCUT2D eigenvalue weighted by Gasteiger charge is -2.07. The summed E-state index contributed by atoms with van der Waals surface area (Å²) in [5.74, 6) is 1.34. The Kier molecular flexibility index (Phi) is 4.29. The number of anilines is 1. The van der Waals surface area contributed by atoms with E-state index < -0.39 is 10.0 Å². The van der Waals surface area contributed by atoms with E-state index in [2.05, 4.69) is 14.7 Å². The normalized spacial score (nSPS) is 11.3. The highest BCUT2D eigenvalue weighted by Crippen LogP contribution is 2.18. The molecule has 7 heteroatoms. The number of H-pyrrole nitrogens is 1. The minimum absolute atomic E-state index is 0.0586. The van der Waals surface area contributed by atoms with Crippen LogP contribution in [0, 0.1) is 0 Å². The highest BCUT2D eigenvalue weighted by molar-refractivity contribution is 7.92. The lowest BCUT2D eigenvalue weighted by molar-refractivity contribution is 0.340. The molecule has 0 aliphatic carbocycles. The molecule has 1 aromatic carbocycles. The van der Waals surface area contributed by atoms with Crippen molar-refractivity contribution in [2.75, 3.05) is 11.3 Å². The maximum absolute atomic E-state index is 12.1. The first-order valence-corrected chi connectivity index (χ1v) is 7.83. The Bertz CT molecular complexity index is 662. The largest absolute Gasteiger partial charge is 0.494 e. The van der Waals surface area contributed by atoms with Gasteiger partial charge >= 0.3 is 0 Å². The first-order chi connectivity index (χ1) is 9.55. The zero-order valence-electron chi connectivity index (χ0n) is 11.4. The number of aryl methyl sites for hydroxylation is 1. The number of nitrogens with one attached hydrogen (secondary N) is 2. The molecule has 0 aliphatic heterocycles. The highest BCUT2D eigenvalue weighted by atomic mass is 32.2. The molecule has 2 N–H and O–H groups in total. The molecule has 2 rings (SSSR count). The number of imidazole rings is 1. The average molecular weight is 295 g/mol. The van der Waals surface area contributed by atoms with E-state index in [0.717, 1.165) is 0 Å². The monoisotopic (exact) mass is 295 g/mol. The van der Waals surface area contributed by atoms with Gasteiger partial charge in [-0.3, -0.25) is 4.72 Å². The highest BCUT2D eigenvalue weighted by Gasteiger charge is 2.16. The Hall–Kier alpha value is -2.02. The van der Waals surface area contributed by atoms with Crippen LogP contribution in [0.25, 0.3) is 0 Å². The van der Waals surface area contributed by atoms with Crippen LogP contribution in [0.5, 0.6) is 5.75 Å². The summed E-state index contributed by atoms with van der Waals surface area (Å²) in [7, 11) is -3.64. The number of aromatic nitrogens is 2. The molecule has 0 atom stereocenters. The van der Waals surface area contributed by atoms with E-state index in [0.29, 0.717) is 30.3 Å². The molecule has 0 radical (unpaired) electrons. The SMILES string of the molecule is CCOc1ccc(NS(=O)(=O)c2cnc(CC)[nH]2)cc1. The molecule has 6 nitrogen and oxygen atoms in total. The van der Waals surface area contributed by atoms with Crippen molar-refractivity contribution in [3.63, 3.8) is 0 Å². The second kappa shape index (κ2) is 5.96. The standard InChI is InChI=1S/C13H17N3O3S/c1-3-12-14-9-13(15-12)20(17,18)16-10-5-7-11(8-6-10)19-4-2/h5-9,16H,3-4H2,1-2H3,(H,14,15). The summed E-state index contributed by atoms with van der Waals surface area (Å²) in [5.41, 5.74) is 0.473. The molecular formula is C13H17N3O3S. The van der Waals surface area contributed by atoms with Crippen molar-refractivity contribution >= 4 is 15.7 Å². The predicted octanol–water partition coefficient (Wildman–Crippen LogP) is 2.17. The molecular weight excluding hydrogens is 278 g/mol. The van der Waals surface area contributed by atoms with Gasteiger partial charge in [0.05, 0.1) is 12.8 Å². The van der Waals surface area contributed by atoms with E-state index in [4.69, 9.17) is 4.74 Å². The van der Waals surface area contributed by atoms with Crippen LogP contribution >= 0.6 is 0 Å². The molecule has 1 aromatic heterocycles. The Morgan fingerprint density at radius 2 is 1.95 bits per heavy atom. The molecule has 0 spiro atoms. The van der Waals surface area contributed by atoms with Gasteiger partial charge in [0.15, 0.2) is 5.03 Å². The van der Waals surface area contributed by atoms with Gasteiger partial charge in [-0.15, -0.1) is 0 Å². The fourth-order valence-electron chi connectivity index (χ4n) is 1.66. The first kappa shape index (κ1) is 14.4. The lowest BCUT2D eigenvalue weighted by Crippen LogP contribution is -2.13. The molecule has 0 amide bonds. The third-order valence-corrected chi connectivity index (χ3v) is 3.94. The number of benzene rings is 1. The van der Waals surface area contributed by atoms with Gasteiger partial charge in [0.1, 0.15) is 11.6 Å². The topological polar surface area (TPSA) is 84.1 Å². The van der Waals surface area contributed by atoms with E-state index in [-0.39, 0.29) is 5.03 Å². The van der Waals surface area contributed by atoms with Crippen LogP contribution < -0.4 is 9.46 Å². The smallest absolute Gasteiger partial charge is 0.278 e. The number of hydrogen-bond donors (Lipinski definition) is 2. The molecule has 0 bridgehead atoms. The molecule has 0 saturated heterocycles. The quantitative estimate of drug-likeness (QED) is 0.855. The Labute approximate surface area is 118 Å². The van der Waals surface area contributed by atoms with Gasteiger partial charge in [0, 0.05) is 12.1 Å². The summed E-state index contributed by atoms with van der Waals surface area (Å²) in [6.07, 6.45) is 1.97. The first-order valence-electron chi connectivity index (χ1n) is 6.34. The van der Waals surface area contributed by atoms with Gasteiger partial charge in [0.2, 0.25) is 0 Å². The maximum Gasteiger partial charge on any atom is 0.278 e. The summed E-state index contributed by atoms with van der Waals surface area (Å²) in [6, 6.07) is 6.73. The minimum atomic E-state index is -3.64. The predicted molar refractivity (Wildman–Crippen MR) is 76.4 cm³/mol. The van der Waals surface area contributed by atoms with Crippen LogP contribution in [0.15, 0.2) is 35.5 Å². The molecule has 0 aliphatic rings. The number of ether oxygens (including phenoxy) is 1. The summed E-state index contributed by atoms with van der Waals surface area (Å²) >= 11 is 0. The number of sulfonamides is 1. The van der Waals surface area contributed by atoms with E-state index >= 15 is 0 Å². The van der Waals surface area contributed by atoms with Crippen molar-refractivity contribution in [2.24, 2.45) is 0 Å². The van der Waals surface area contributed by atoms with Crippen molar-refractivity contribution in [3.8, 4) is 5.75 Å². The molecule has 0 fully saturated rings. The molecule has 20 heavy (non-hydrogen) atoms. The third-order valence-electron chi connectivity index (χ3n) is 2.65. The average Bonchev–Trinajstić information content (AvgIpc) is 2.91. The fraction of sp³-hybridized carbons (Fsp3) is 0.308. The number of hydrogen-bond acceptors (Lipinski definition) is 4. The summed E-state index contributed by atoms with van der Waals surface area (Å²) in [4.78, 5) is 6.76. The molecule has 108 valence electrons. The van der Waals surface area contributed by atoms with Gasteiger partial charge in [-0.2, -0.15) is 8.42 Å². The van der Waals surface area contributed by atoms with Crippen molar-refractivity contribution in [1.82, 2.24) is 9.97 Å². The second-order valence-electron chi connectivity index (χ2n) is 4.11. The lowest BCUT2D eigenvalue weighted by atomic mass is 10.3. The molecule has 1 heterocycles. The maximum atomic E-state index is 12.1. The molecule has 0 unspecified atom stereocenters. The zero-order chi connectivity index (χ0) is 14.6. The number of rotatable bonds is 6. The van der Waals surface area contributed by atoms with Crippen molar-refractivity contribution in [3.05, 3.63) is 36.3 Å². The Morgan fingerprint density at radius 1 is 1.25 bits per heavy atom. The van der Waals surface area contributed by atoms with Crippen molar-refractivity contribution in [1.29, 1.82) is 0 Å². The summed E-state index contributed by atoms with van der Waals surface area (Å²) in [6.45, 7) is 4.36. The van der Waals surface area contributed by atoms with Crippen LogP contribution in [0.3, 0.4) is 0 Å². The number of nitrogens with zero attached hydrogens (tertiary/aromatic N) is 1. The summed E-state index contributed by atoms with van der Waals surface area (Å²) < 4.78 is 32.0. The van der Waals surface area contributed by atoms with Crippen LogP contribution in [-0.2, 0) is 16.4 Å². The van der Waals surface area contributed by atoms with Crippen LogP contribution in [0.2, 0.25) is 0 Å². The van der Waals surface area contributed by atoms with E-state index in [1.165, 1.54) is 6.20 Å². The van der Waals surface area contributed by atoms with E-state index in [1.54, 1.807) is 24.3 Å². The number of aromatic amines is 1. The van der Waals surface area contributed by atoms with E-state index in [1.807, 2.05) is 13.8 Å². The van der Waals surface area contributed by atoms with Crippen LogP contribution in [0.1, 0.15) is 19.7 Å². The van der Waals surface area contributed by atoms with Gasteiger partial charge in [0.25, 0.3) is 10.0 Å². The van der Waals surface area contributed by atoms with Gasteiger partial charge in [-0.05, 0) is 31.2 Å².